The van der Waals surface area contributed by atoms with Gasteiger partial charge in [-0.1, -0.05) is 54.6 Å². The molecule has 0 heterocycles. The summed E-state index contributed by atoms with van der Waals surface area (Å²) in [5.41, 5.74) is 7.04. The van der Waals surface area contributed by atoms with E-state index >= 15 is 0 Å². The van der Waals surface area contributed by atoms with E-state index in [0.717, 1.165) is 28.7 Å². The number of amides is 1. The quantitative estimate of drug-likeness (QED) is 0.468. The molecule has 1 atom stereocenters. The number of nitriles is 1. The third-order valence-electron chi connectivity index (χ3n) is 5.61. The van der Waals surface area contributed by atoms with Gasteiger partial charge >= 0.3 is 12.1 Å². The molecule has 0 fully saturated rings. The minimum Gasteiger partial charge on any atom is -0.467 e. The van der Waals surface area contributed by atoms with Gasteiger partial charge in [-0.05, 0) is 51.9 Å². The highest BCUT2D eigenvalue weighted by molar-refractivity contribution is 5.82. The number of hydrogen-bond acceptors (Lipinski definition) is 5. The molecular formula is C26H22N2O4. The minimum absolute atomic E-state index is 0.105. The van der Waals surface area contributed by atoms with Gasteiger partial charge in [0.2, 0.25) is 0 Å². The van der Waals surface area contributed by atoms with Gasteiger partial charge in [-0.25, -0.2) is 9.59 Å². The van der Waals surface area contributed by atoms with Gasteiger partial charge < -0.3 is 14.8 Å². The Morgan fingerprint density at radius 3 is 2.53 bits per heavy atom. The summed E-state index contributed by atoms with van der Waals surface area (Å²) in [7, 11) is 1.27. The first-order chi connectivity index (χ1) is 15.6. The van der Waals surface area contributed by atoms with Crippen LogP contribution in [-0.2, 0) is 33.7 Å². The lowest BCUT2D eigenvalue weighted by Crippen LogP contribution is -2.43. The summed E-state index contributed by atoms with van der Waals surface area (Å²) in [5, 5.41) is 11.5. The smallest absolute Gasteiger partial charge is 0.408 e. The highest BCUT2D eigenvalue weighted by Crippen LogP contribution is 2.38. The molecule has 1 aliphatic carbocycles. The van der Waals surface area contributed by atoms with Gasteiger partial charge in [0.05, 0.1) is 18.7 Å². The number of nitrogens with one attached hydrogen (secondary N) is 1. The molecule has 0 spiro atoms. The van der Waals surface area contributed by atoms with Crippen molar-refractivity contribution < 1.29 is 19.1 Å². The number of fused-ring (bicyclic) bond motifs is 3. The van der Waals surface area contributed by atoms with Gasteiger partial charge in [0.1, 0.15) is 12.6 Å². The lowest BCUT2D eigenvalue weighted by molar-refractivity contribution is -0.143. The van der Waals surface area contributed by atoms with Crippen LogP contribution in [0.2, 0.25) is 0 Å². The summed E-state index contributed by atoms with van der Waals surface area (Å²) in [6.45, 7) is 0.105. The van der Waals surface area contributed by atoms with Crippen molar-refractivity contribution in [2.75, 3.05) is 7.11 Å². The van der Waals surface area contributed by atoms with Crippen LogP contribution in [0.25, 0.3) is 11.1 Å². The van der Waals surface area contributed by atoms with Gasteiger partial charge in [-0.15, -0.1) is 0 Å². The van der Waals surface area contributed by atoms with Crippen LogP contribution in [0, 0.1) is 11.3 Å². The SMILES string of the molecule is COC(=O)C(Cc1ccc(C#N)cc1)NC(=O)OCc1cccc2c1Cc1ccccc1-2. The second kappa shape index (κ2) is 9.36. The summed E-state index contributed by atoms with van der Waals surface area (Å²) < 4.78 is 10.3. The Bertz CT molecular complexity index is 1200. The van der Waals surface area contributed by atoms with Crippen molar-refractivity contribution in [1.82, 2.24) is 5.32 Å². The van der Waals surface area contributed by atoms with Crippen LogP contribution in [0.5, 0.6) is 0 Å². The van der Waals surface area contributed by atoms with Gasteiger partial charge in [0.25, 0.3) is 0 Å². The van der Waals surface area contributed by atoms with Crippen molar-refractivity contribution in [2.45, 2.75) is 25.5 Å². The average Bonchev–Trinajstić information content (AvgIpc) is 3.21. The van der Waals surface area contributed by atoms with Gasteiger partial charge in [0.15, 0.2) is 0 Å². The van der Waals surface area contributed by atoms with Crippen LogP contribution < -0.4 is 5.32 Å². The fourth-order valence-electron chi connectivity index (χ4n) is 3.97. The van der Waals surface area contributed by atoms with E-state index in [1.807, 2.05) is 30.3 Å². The zero-order chi connectivity index (χ0) is 22.5. The van der Waals surface area contributed by atoms with Crippen molar-refractivity contribution in [1.29, 1.82) is 5.26 Å². The molecular weight excluding hydrogens is 404 g/mol. The molecule has 1 amide bonds. The Morgan fingerprint density at radius 1 is 1.03 bits per heavy atom. The maximum Gasteiger partial charge on any atom is 0.408 e. The predicted molar refractivity (Wildman–Crippen MR) is 119 cm³/mol. The van der Waals surface area contributed by atoms with Crippen molar-refractivity contribution >= 4 is 12.1 Å². The number of ether oxygens (including phenoxy) is 2. The first-order valence-corrected chi connectivity index (χ1v) is 10.3. The van der Waals surface area contributed by atoms with Crippen molar-refractivity contribution in [2.24, 2.45) is 0 Å². The Labute approximate surface area is 186 Å². The zero-order valence-electron chi connectivity index (χ0n) is 17.6. The average molecular weight is 426 g/mol. The maximum absolute atomic E-state index is 12.5. The zero-order valence-corrected chi connectivity index (χ0v) is 17.6. The molecule has 32 heavy (non-hydrogen) atoms. The van der Waals surface area contributed by atoms with E-state index in [1.165, 1.54) is 18.2 Å². The third kappa shape index (κ3) is 4.47. The monoisotopic (exact) mass is 426 g/mol. The van der Waals surface area contributed by atoms with E-state index < -0.39 is 18.1 Å². The Hall–Kier alpha value is -4.11. The number of alkyl carbamates (subject to hydrolysis) is 1. The largest absolute Gasteiger partial charge is 0.467 e. The van der Waals surface area contributed by atoms with Crippen LogP contribution >= 0.6 is 0 Å². The van der Waals surface area contributed by atoms with E-state index in [0.29, 0.717) is 5.56 Å². The second-order valence-electron chi connectivity index (χ2n) is 7.59. The highest BCUT2D eigenvalue weighted by atomic mass is 16.6. The maximum atomic E-state index is 12.5. The standard InChI is InChI=1S/C26H22N2O4/c1-31-25(29)24(13-17-9-11-18(15-27)12-10-17)28-26(30)32-16-20-6-4-8-22-21-7-3-2-5-19(21)14-23(20)22/h2-12,24H,13-14,16H2,1H3,(H,28,30). The van der Waals surface area contributed by atoms with Gasteiger partial charge in [0, 0.05) is 6.42 Å². The molecule has 3 aromatic carbocycles. The van der Waals surface area contributed by atoms with Crippen molar-refractivity contribution in [3.63, 3.8) is 0 Å². The molecule has 160 valence electrons. The molecule has 0 aromatic heterocycles. The molecule has 4 rings (SSSR count). The fourth-order valence-corrected chi connectivity index (χ4v) is 3.97. The number of nitrogens with zero attached hydrogens (tertiary/aromatic N) is 1. The summed E-state index contributed by atoms with van der Waals surface area (Å²) in [5.74, 6) is -0.567. The van der Waals surface area contributed by atoms with E-state index in [-0.39, 0.29) is 13.0 Å². The summed E-state index contributed by atoms with van der Waals surface area (Å²) in [6.07, 6.45) is 0.335. The molecule has 1 N–H and O–H groups in total. The van der Waals surface area contributed by atoms with E-state index in [4.69, 9.17) is 14.7 Å². The Balaban J connectivity index is 1.41. The lowest BCUT2D eigenvalue weighted by Gasteiger charge is -2.17. The summed E-state index contributed by atoms with van der Waals surface area (Å²) in [4.78, 5) is 24.7. The van der Waals surface area contributed by atoms with Crippen LogP contribution in [-0.4, -0.2) is 25.2 Å². The number of carbonyl (C=O) groups is 2. The van der Waals surface area contributed by atoms with E-state index in [2.05, 4.69) is 23.5 Å². The molecule has 0 radical (unpaired) electrons. The number of esters is 1. The van der Waals surface area contributed by atoms with Crippen molar-refractivity contribution in [3.8, 4) is 17.2 Å². The van der Waals surface area contributed by atoms with Crippen LogP contribution in [0.4, 0.5) is 4.79 Å². The molecule has 1 unspecified atom stereocenters. The molecule has 0 saturated carbocycles. The third-order valence-corrected chi connectivity index (χ3v) is 5.61. The molecule has 0 bridgehead atoms. The molecule has 6 nitrogen and oxygen atoms in total. The fraction of sp³-hybridized carbons (Fsp3) is 0.192. The first-order valence-electron chi connectivity index (χ1n) is 10.3. The molecule has 0 aliphatic heterocycles. The predicted octanol–water partition coefficient (Wildman–Crippen LogP) is 4.14. The van der Waals surface area contributed by atoms with E-state index in [1.54, 1.807) is 24.3 Å². The number of carbonyl (C=O) groups excluding carboxylic acids is 2. The van der Waals surface area contributed by atoms with Gasteiger partial charge in [-0.2, -0.15) is 5.26 Å². The second-order valence-corrected chi connectivity index (χ2v) is 7.59. The number of hydrogen-bond donors (Lipinski definition) is 1. The summed E-state index contributed by atoms with van der Waals surface area (Å²) in [6, 6.07) is 22.2. The number of rotatable bonds is 6. The highest BCUT2D eigenvalue weighted by Gasteiger charge is 2.24. The minimum atomic E-state index is -0.897. The van der Waals surface area contributed by atoms with Crippen LogP contribution in [0.3, 0.4) is 0 Å². The van der Waals surface area contributed by atoms with Crippen molar-refractivity contribution in [3.05, 3.63) is 94.5 Å². The molecule has 1 aliphatic rings. The Morgan fingerprint density at radius 2 is 1.78 bits per heavy atom. The van der Waals surface area contributed by atoms with E-state index in [9.17, 15) is 9.59 Å². The van der Waals surface area contributed by atoms with Crippen LogP contribution in [0.1, 0.15) is 27.8 Å². The first kappa shape index (κ1) is 21.1. The number of methoxy groups -OCH3 is 1. The summed E-state index contributed by atoms with van der Waals surface area (Å²) >= 11 is 0. The topological polar surface area (TPSA) is 88.4 Å². The van der Waals surface area contributed by atoms with Gasteiger partial charge in [-0.3, -0.25) is 0 Å². The molecule has 0 saturated heterocycles. The van der Waals surface area contributed by atoms with Crippen LogP contribution in [0.15, 0.2) is 66.7 Å². The number of benzene rings is 3. The lowest BCUT2D eigenvalue weighted by atomic mass is 10.0. The Kier molecular flexibility index (Phi) is 6.18. The normalized spacial score (nSPS) is 12.1. The molecule has 3 aromatic rings. The molecule has 6 heteroatoms.